The molecule has 2 aromatic carbocycles. The first-order valence-electron chi connectivity index (χ1n) is 6.53. The summed E-state index contributed by atoms with van der Waals surface area (Å²) in [5, 5.41) is 12.3. The van der Waals surface area contributed by atoms with Crippen LogP contribution < -0.4 is 5.73 Å². The average Bonchev–Trinajstić information content (AvgIpc) is 2.44. The molecular weight excluding hydrogens is 329 g/mol. The maximum absolute atomic E-state index is 10.7. The third-order valence-corrected chi connectivity index (χ3v) is 4.62. The molecule has 0 aliphatic rings. The van der Waals surface area contributed by atoms with Crippen molar-refractivity contribution >= 4 is 34.8 Å². The van der Waals surface area contributed by atoms with E-state index in [0.717, 1.165) is 11.1 Å². The molecule has 2 unspecified atom stereocenters. The van der Waals surface area contributed by atoms with Crippen LogP contribution in [0.25, 0.3) is 0 Å². The van der Waals surface area contributed by atoms with Crippen LogP contribution in [0.2, 0.25) is 15.1 Å². The van der Waals surface area contributed by atoms with Crippen LogP contribution in [0.5, 0.6) is 0 Å². The molecule has 0 bridgehead atoms. The van der Waals surface area contributed by atoms with Crippen molar-refractivity contribution in [3.8, 4) is 0 Å². The van der Waals surface area contributed by atoms with E-state index < -0.39 is 6.10 Å². The predicted molar refractivity (Wildman–Crippen MR) is 89.4 cm³/mol. The Bertz CT molecular complexity index is 645. The van der Waals surface area contributed by atoms with Gasteiger partial charge in [-0.15, -0.1) is 0 Å². The fraction of sp³-hybridized carbons (Fsp3) is 0.250. The molecule has 0 fully saturated rings. The molecule has 112 valence electrons. The first-order chi connectivity index (χ1) is 9.95. The summed E-state index contributed by atoms with van der Waals surface area (Å²) in [6.45, 7) is 2.14. The normalized spacial score (nSPS) is 14.0. The Morgan fingerprint density at radius 1 is 1.10 bits per heavy atom. The van der Waals surface area contributed by atoms with E-state index in [1.165, 1.54) is 0 Å². The molecule has 2 atom stereocenters. The molecule has 0 spiro atoms. The van der Waals surface area contributed by atoms with Crippen molar-refractivity contribution in [2.24, 2.45) is 5.73 Å². The van der Waals surface area contributed by atoms with Crippen molar-refractivity contribution in [1.29, 1.82) is 0 Å². The molecule has 0 heterocycles. The standard InChI is InChI=1S/C16H16Cl3NO/c1-9-3-2-4-12(15(9)19)16(21)13(8-20)11-6-5-10(17)7-14(11)18/h2-7,13,16,21H,8,20H2,1H3. The Labute approximate surface area is 139 Å². The van der Waals surface area contributed by atoms with Gasteiger partial charge in [0.1, 0.15) is 0 Å². The third-order valence-electron chi connectivity index (χ3n) is 3.54. The fourth-order valence-corrected chi connectivity index (χ4v) is 3.13. The lowest BCUT2D eigenvalue weighted by molar-refractivity contribution is 0.147. The Morgan fingerprint density at radius 2 is 1.81 bits per heavy atom. The van der Waals surface area contributed by atoms with Crippen LogP contribution in [0.15, 0.2) is 36.4 Å². The van der Waals surface area contributed by atoms with E-state index in [1.807, 2.05) is 19.1 Å². The maximum Gasteiger partial charge on any atom is 0.0885 e. The lowest BCUT2D eigenvalue weighted by Crippen LogP contribution is -2.21. The van der Waals surface area contributed by atoms with Gasteiger partial charge in [-0.3, -0.25) is 0 Å². The van der Waals surface area contributed by atoms with Gasteiger partial charge in [0.25, 0.3) is 0 Å². The Morgan fingerprint density at radius 3 is 2.43 bits per heavy atom. The number of nitrogens with two attached hydrogens (primary N) is 1. The third kappa shape index (κ3) is 3.53. The molecular formula is C16H16Cl3NO. The van der Waals surface area contributed by atoms with Gasteiger partial charge >= 0.3 is 0 Å². The van der Waals surface area contributed by atoms with Crippen molar-refractivity contribution in [2.75, 3.05) is 6.54 Å². The zero-order chi connectivity index (χ0) is 15.6. The SMILES string of the molecule is Cc1cccc(C(O)C(CN)c2ccc(Cl)cc2Cl)c1Cl. The van der Waals surface area contributed by atoms with E-state index in [9.17, 15) is 5.11 Å². The summed E-state index contributed by atoms with van der Waals surface area (Å²) in [4.78, 5) is 0. The van der Waals surface area contributed by atoms with Crippen molar-refractivity contribution in [1.82, 2.24) is 0 Å². The first-order valence-corrected chi connectivity index (χ1v) is 7.67. The second-order valence-corrected chi connectivity index (χ2v) is 6.15. The van der Waals surface area contributed by atoms with Gasteiger partial charge in [-0.05, 0) is 30.2 Å². The summed E-state index contributed by atoms with van der Waals surface area (Å²) >= 11 is 18.4. The smallest absolute Gasteiger partial charge is 0.0885 e. The summed E-state index contributed by atoms with van der Waals surface area (Å²) in [5.74, 6) is -0.353. The molecule has 5 heteroatoms. The van der Waals surface area contributed by atoms with E-state index in [-0.39, 0.29) is 12.5 Å². The largest absolute Gasteiger partial charge is 0.388 e. The minimum absolute atomic E-state index is 0.243. The van der Waals surface area contributed by atoms with Crippen molar-refractivity contribution in [2.45, 2.75) is 18.9 Å². The molecule has 0 aliphatic heterocycles. The summed E-state index contributed by atoms with van der Waals surface area (Å²) in [6.07, 6.45) is -0.832. The van der Waals surface area contributed by atoms with Crippen molar-refractivity contribution in [3.63, 3.8) is 0 Å². The van der Waals surface area contributed by atoms with E-state index in [2.05, 4.69) is 0 Å². The molecule has 0 saturated carbocycles. The Balaban J connectivity index is 2.43. The zero-order valence-corrected chi connectivity index (χ0v) is 13.8. The Hall–Kier alpha value is -0.770. The lowest BCUT2D eigenvalue weighted by atomic mass is 9.88. The van der Waals surface area contributed by atoms with Crippen LogP contribution >= 0.6 is 34.8 Å². The number of rotatable bonds is 4. The highest BCUT2D eigenvalue weighted by molar-refractivity contribution is 6.35. The summed E-state index contributed by atoms with van der Waals surface area (Å²) in [7, 11) is 0. The van der Waals surface area contributed by atoms with Gasteiger partial charge in [-0.1, -0.05) is 59.1 Å². The van der Waals surface area contributed by atoms with Gasteiger partial charge in [-0.25, -0.2) is 0 Å². The van der Waals surface area contributed by atoms with Gasteiger partial charge < -0.3 is 10.8 Å². The van der Waals surface area contributed by atoms with Crippen molar-refractivity contribution < 1.29 is 5.11 Å². The van der Waals surface area contributed by atoms with E-state index in [4.69, 9.17) is 40.5 Å². The van der Waals surface area contributed by atoms with Crippen LogP contribution in [0.4, 0.5) is 0 Å². The molecule has 0 aliphatic carbocycles. The number of hydrogen-bond donors (Lipinski definition) is 2. The van der Waals surface area contributed by atoms with Crippen LogP contribution in [-0.4, -0.2) is 11.7 Å². The van der Waals surface area contributed by atoms with Crippen LogP contribution in [-0.2, 0) is 0 Å². The topological polar surface area (TPSA) is 46.2 Å². The number of hydrogen-bond acceptors (Lipinski definition) is 2. The Kier molecular flexibility index (Phi) is 5.53. The number of halogens is 3. The predicted octanol–water partition coefficient (Wildman–Crippen LogP) is 4.73. The minimum Gasteiger partial charge on any atom is -0.388 e. The van der Waals surface area contributed by atoms with Crippen molar-refractivity contribution in [3.05, 3.63) is 68.2 Å². The average molecular weight is 345 g/mol. The summed E-state index contributed by atoms with van der Waals surface area (Å²) in [5.41, 5.74) is 8.16. The summed E-state index contributed by atoms with van der Waals surface area (Å²) in [6, 6.07) is 10.7. The molecule has 0 saturated heterocycles. The maximum atomic E-state index is 10.7. The first kappa shape index (κ1) is 16.6. The van der Waals surface area contributed by atoms with Gasteiger partial charge in [0.05, 0.1) is 6.10 Å². The molecule has 21 heavy (non-hydrogen) atoms. The monoisotopic (exact) mass is 343 g/mol. The molecule has 0 radical (unpaired) electrons. The van der Waals surface area contributed by atoms with Gasteiger partial charge in [0, 0.05) is 33.1 Å². The number of benzene rings is 2. The van der Waals surface area contributed by atoms with E-state index >= 15 is 0 Å². The molecule has 0 amide bonds. The van der Waals surface area contributed by atoms with Gasteiger partial charge in [0.2, 0.25) is 0 Å². The van der Waals surface area contributed by atoms with E-state index in [0.29, 0.717) is 20.6 Å². The number of aliphatic hydroxyl groups excluding tert-OH is 1. The molecule has 0 aromatic heterocycles. The van der Waals surface area contributed by atoms with Gasteiger partial charge in [-0.2, -0.15) is 0 Å². The highest BCUT2D eigenvalue weighted by Crippen LogP contribution is 2.38. The number of aliphatic hydroxyl groups is 1. The summed E-state index contributed by atoms with van der Waals surface area (Å²) < 4.78 is 0. The number of aryl methyl sites for hydroxylation is 1. The highest BCUT2D eigenvalue weighted by Gasteiger charge is 2.25. The van der Waals surface area contributed by atoms with Crippen LogP contribution in [0.1, 0.15) is 28.7 Å². The second kappa shape index (κ2) is 6.99. The molecule has 2 aromatic rings. The van der Waals surface area contributed by atoms with Crippen LogP contribution in [0.3, 0.4) is 0 Å². The molecule has 2 rings (SSSR count). The van der Waals surface area contributed by atoms with Gasteiger partial charge in [0.15, 0.2) is 0 Å². The second-order valence-electron chi connectivity index (χ2n) is 4.93. The van der Waals surface area contributed by atoms with Crippen LogP contribution in [0, 0.1) is 6.92 Å². The molecule has 3 N–H and O–H groups in total. The van der Waals surface area contributed by atoms with E-state index in [1.54, 1.807) is 24.3 Å². The lowest BCUT2D eigenvalue weighted by Gasteiger charge is -2.24. The fourth-order valence-electron chi connectivity index (χ4n) is 2.34. The highest BCUT2D eigenvalue weighted by atomic mass is 35.5. The molecule has 2 nitrogen and oxygen atoms in total. The minimum atomic E-state index is -0.832. The quantitative estimate of drug-likeness (QED) is 0.842. The zero-order valence-electron chi connectivity index (χ0n) is 11.5.